The fraction of sp³-hybridized carbons (Fsp3) is 0.250. The molecule has 1 fully saturated rings. The second kappa shape index (κ2) is 4.91. The minimum atomic E-state index is -0.254. The molecule has 2 unspecified atom stereocenters. The Morgan fingerprint density at radius 2 is 1.44 bits per heavy atom. The van der Waals surface area contributed by atoms with E-state index in [0.717, 1.165) is 6.54 Å². The molecule has 2 aromatic carbocycles. The zero-order chi connectivity index (χ0) is 12.4. The molecule has 0 spiro atoms. The summed E-state index contributed by atoms with van der Waals surface area (Å²) in [4.78, 5) is 2.21. The number of benzene rings is 2. The Morgan fingerprint density at radius 3 is 1.83 bits per heavy atom. The molecule has 0 aliphatic carbocycles. The summed E-state index contributed by atoms with van der Waals surface area (Å²) < 4.78 is 12.8. The highest BCUT2D eigenvalue weighted by molar-refractivity contribution is 5.33. The van der Waals surface area contributed by atoms with Crippen molar-refractivity contribution < 1.29 is 4.39 Å². The van der Waals surface area contributed by atoms with Gasteiger partial charge in [0.25, 0.3) is 0 Å². The van der Waals surface area contributed by atoms with Gasteiger partial charge in [0.15, 0.2) is 0 Å². The molecule has 1 heterocycles. The molecule has 1 aliphatic heterocycles. The van der Waals surface area contributed by atoms with Gasteiger partial charge in [0.05, 0.1) is 12.1 Å². The largest absolute Gasteiger partial charge is 0.284 e. The van der Waals surface area contributed by atoms with Gasteiger partial charge in [0, 0.05) is 6.54 Å². The fourth-order valence-corrected chi connectivity index (χ4v) is 2.50. The van der Waals surface area contributed by atoms with Crippen molar-refractivity contribution in [3.8, 4) is 0 Å². The minimum absolute atomic E-state index is 0.0930. The van der Waals surface area contributed by atoms with Gasteiger partial charge in [0.2, 0.25) is 0 Å². The van der Waals surface area contributed by atoms with Crippen molar-refractivity contribution in [2.45, 2.75) is 12.1 Å². The molecule has 0 bridgehead atoms. The zero-order valence-corrected chi connectivity index (χ0v) is 10.2. The van der Waals surface area contributed by atoms with E-state index in [-0.39, 0.29) is 18.8 Å². The van der Waals surface area contributed by atoms with Gasteiger partial charge in [0.1, 0.15) is 6.67 Å². The Labute approximate surface area is 107 Å². The van der Waals surface area contributed by atoms with Crippen LogP contribution in [0.2, 0.25) is 0 Å². The van der Waals surface area contributed by atoms with Gasteiger partial charge in [-0.3, -0.25) is 4.90 Å². The monoisotopic (exact) mass is 241 g/mol. The molecule has 0 amide bonds. The van der Waals surface area contributed by atoms with Gasteiger partial charge < -0.3 is 0 Å². The standard InChI is InChI=1S/C16H16FN/c17-11-15-12-18(15)16(13-7-3-1-4-8-13)14-9-5-2-6-10-14/h1-10,15-16H,11-12H2. The lowest BCUT2D eigenvalue weighted by Crippen LogP contribution is -2.14. The van der Waals surface area contributed by atoms with Crippen LogP contribution in [0.3, 0.4) is 0 Å². The first-order chi connectivity index (χ1) is 8.90. The summed E-state index contributed by atoms with van der Waals surface area (Å²) in [6.45, 7) is 0.598. The molecule has 1 saturated heterocycles. The molecule has 0 aromatic heterocycles. The summed E-state index contributed by atoms with van der Waals surface area (Å²) in [6.07, 6.45) is 0. The Hall–Kier alpha value is -1.67. The van der Waals surface area contributed by atoms with E-state index in [0.29, 0.717) is 0 Å². The predicted octanol–water partition coefficient (Wildman–Crippen LogP) is 3.43. The van der Waals surface area contributed by atoms with E-state index in [1.165, 1.54) is 11.1 Å². The molecule has 2 heteroatoms. The van der Waals surface area contributed by atoms with E-state index in [1.807, 2.05) is 36.4 Å². The first-order valence-electron chi connectivity index (χ1n) is 6.32. The fourth-order valence-electron chi connectivity index (χ4n) is 2.50. The zero-order valence-electron chi connectivity index (χ0n) is 10.2. The third-order valence-corrected chi connectivity index (χ3v) is 3.50. The maximum Gasteiger partial charge on any atom is 0.106 e. The second-order valence-corrected chi connectivity index (χ2v) is 4.73. The molecule has 2 atom stereocenters. The first kappa shape index (κ1) is 11.4. The van der Waals surface area contributed by atoms with Crippen molar-refractivity contribution in [3.05, 3.63) is 71.8 Å². The van der Waals surface area contributed by atoms with E-state index < -0.39 is 0 Å². The average molecular weight is 241 g/mol. The molecule has 1 nitrogen and oxygen atoms in total. The van der Waals surface area contributed by atoms with Gasteiger partial charge >= 0.3 is 0 Å². The highest BCUT2D eigenvalue weighted by atomic mass is 19.1. The topological polar surface area (TPSA) is 3.01 Å². The van der Waals surface area contributed by atoms with Crippen LogP contribution < -0.4 is 0 Å². The van der Waals surface area contributed by atoms with E-state index in [4.69, 9.17) is 0 Å². The predicted molar refractivity (Wildman–Crippen MR) is 71.2 cm³/mol. The van der Waals surface area contributed by atoms with Crippen LogP contribution in [0, 0.1) is 0 Å². The van der Waals surface area contributed by atoms with Gasteiger partial charge in [-0.25, -0.2) is 4.39 Å². The van der Waals surface area contributed by atoms with E-state index in [1.54, 1.807) is 0 Å². The van der Waals surface area contributed by atoms with Crippen molar-refractivity contribution in [2.24, 2.45) is 0 Å². The summed E-state index contributed by atoms with van der Waals surface area (Å²) >= 11 is 0. The highest BCUT2D eigenvalue weighted by Gasteiger charge is 2.40. The average Bonchev–Trinajstić information content (AvgIpc) is 3.21. The summed E-state index contributed by atoms with van der Waals surface area (Å²) in [5.74, 6) is 0. The maximum atomic E-state index is 12.8. The lowest BCUT2D eigenvalue weighted by molar-refractivity contribution is 0.376. The Kier molecular flexibility index (Phi) is 3.11. The third-order valence-electron chi connectivity index (χ3n) is 3.50. The summed E-state index contributed by atoms with van der Waals surface area (Å²) in [5.41, 5.74) is 2.47. The van der Waals surface area contributed by atoms with Crippen molar-refractivity contribution in [2.75, 3.05) is 13.2 Å². The van der Waals surface area contributed by atoms with Crippen molar-refractivity contribution >= 4 is 0 Å². The maximum absolute atomic E-state index is 12.8. The Bertz CT molecular complexity index is 458. The van der Waals surface area contributed by atoms with Gasteiger partial charge in [-0.05, 0) is 11.1 Å². The van der Waals surface area contributed by atoms with Crippen molar-refractivity contribution in [3.63, 3.8) is 0 Å². The van der Waals surface area contributed by atoms with Gasteiger partial charge in [-0.1, -0.05) is 60.7 Å². The van der Waals surface area contributed by atoms with Crippen LogP contribution >= 0.6 is 0 Å². The Balaban J connectivity index is 1.95. The number of hydrogen-bond acceptors (Lipinski definition) is 1. The molecule has 2 aromatic rings. The van der Waals surface area contributed by atoms with Gasteiger partial charge in [-0.15, -0.1) is 0 Å². The quantitative estimate of drug-likeness (QED) is 0.741. The smallest absolute Gasteiger partial charge is 0.106 e. The molecule has 0 radical (unpaired) electrons. The summed E-state index contributed by atoms with van der Waals surface area (Å²) in [6, 6.07) is 20.9. The molecule has 0 N–H and O–H groups in total. The van der Waals surface area contributed by atoms with Crippen LogP contribution in [0.5, 0.6) is 0 Å². The second-order valence-electron chi connectivity index (χ2n) is 4.73. The number of hydrogen-bond donors (Lipinski definition) is 0. The van der Waals surface area contributed by atoms with Crippen LogP contribution in [0.1, 0.15) is 17.2 Å². The molecular formula is C16H16FN. The van der Waals surface area contributed by atoms with Gasteiger partial charge in [-0.2, -0.15) is 0 Å². The van der Waals surface area contributed by atoms with Crippen molar-refractivity contribution in [1.29, 1.82) is 0 Å². The van der Waals surface area contributed by atoms with E-state index >= 15 is 0 Å². The Morgan fingerprint density at radius 1 is 0.944 bits per heavy atom. The lowest BCUT2D eigenvalue weighted by atomic mass is 9.99. The van der Waals surface area contributed by atoms with Crippen molar-refractivity contribution in [1.82, 2.24) is 4.90 Å². The summed E-state index contributed by atoms with van der Waals surface area (Å²) in [5, 5.41) is 0. The minimum Gasteiger partial charge on any atom is -0.284 e. The molecule has 18 heavy (non-hydrogen) atoms. The first-order valence-corrected chi connectivity index (χ1v) is 6.32. The molecule has 3 rings (SSSR count). The van der Waals surface area contributed by atoms with Crippen LogP contribution in [0.15, 0.2) is 60.7 Å². The molecule has 1 aliphatic rings. The highest BCUT2D eigenvalue weighted by Crippen LogP contribution is 2.37. The van der Waals surface area contributed by atoms with Crippen LogP contribution in [0.25, 0.3) is 0 Å². The number of alkyl halides is 1. The molecule has 92 valence electrons. The lowest BCUT2D eigenvalue weighted by Gasteiger charge is -2.20. The van der Waals surface area contributed by atoms with Crippen LogP contribution in [0.4, 0.5) is 4.39 Å². The van der Waals surface area contributed by atoms with E-state index in [2.05, 4.69) is 29.2 Å². The number of halogens is 1. The normalized spacial score (nSPS) is 22.1. The third kappa shape index (κ3) is 2.16. The summed E-state index contributed by atoms with van der Waals surface area (Å²) in [7, 11) is 0. The van der Waals surface area contributed by atoms with E-state index in [9.17, 15) is 4.39 Å². The number of rotatable bonds is 4. The molecule has 0 saturated carbocycles. The van der Waals surface area contributed by atoms with Crippen LogP contribution in [-0.4, -0.2) is 24.2 Å². The molecular weight excluding hydrogens is 225 g/mol. The SMILES string of the molecule is FCC1CN1C(c1ccccc1)c1ccccc1. The van der Waals surface area contributed by atoms with Crippen LogP contribution in [-0.2, 0) is 0 Å². The number of nitrogens with zero attached hydrogens (tertiary/aromatic N) is 1.